The molecule has 2 aromatic rings. The predicted octanol–water partition coefficient (Wildman–Crippen LogP) is 10.3. The molecule has 206 valence electrons. The first-order chi connectivity index (χ1) is 17.6. The molecule has 0 N–H and O–H groups in total. The third kappa shape index (κ3) is 9.46. The van der Waals surface area contributed by atoms with Gasteiger partial charge in [0, 0.05) is 0 Å². The molecule has 0 unspecified atom stereocenters. The zero-order valence-corrected chi connectivity index (χ0v) is 21.3. The van der Waals surface area contributed by atoms with Crippen LogP contribution < -0.4 is 9.47 Å². The van der Waals surface area contributed by atoms with Gasteiger partial charge in [-0.1, -0.05) is 64.4 Å². The van der Waals surface area contributed by atoms with Crippen LogP contribution in [0.2, 0.25) is 0 Å². The van der Waals surface area contributed by atoms with Gasteiger partial charge in [-0.05, 0) is 79.5 Å². The van der Waals surface area contributed by atoms with Crippen molar-refractivity contribution in [2.75, 3.05) is 0 Å². The van der Waals surface area contributed by atoms with Crippen LogP contribution in [0.25, 0.3) is 0 Å². The van der Waals surface area contributed by atoms with Crippen molar-refractivity contribution in [2.45, 2.75) is 102 Å². The molecular weight excluding hydrogens is 494 g/mol. The standard InChI is InChI=1S/C29H36F6O2/c1-2-3-4-5-6-7-8-9-21-10-12-22(13-11-21)23-14-19-26(27(30)20-23)28(31,32)36-24-15-17-25(18-16-24)37-29(33,34)35/h14-22H,2-13H2,1H3. The number of rotatable bonds is 13. The van der Waals surface area contributed by atoms with Crippen molar-refractivity contribution in [3.63, 3.8) is 0 Å². The molecular formula is C29H36F6O2. The Kier molecular flexibility index (Phi) is 10.6. The average molecular weight is 531 g/mol. The van der Waals surface area contributed by atoms with Crippen LogP contribution >= 0.6 is 0 Å². The van der Waals surface area contributed by atoms with Crippen LogP contribution in [0, 0.1) is 11.7 Å². The van der Waals surface area contributed by atoms with Crippen molar-refractivity contribution in [3.05, 3.63) is 59.4 Å². The normalized spacial score (nSPS) is 18.6. The van der Waals surface area contributed by atoms with E-state index >= 15 is 0 Å². The molecule has 2 aromatic carbocycles. The molecule has 0 aromatic heterocycles. The van der Waals surface area contributed by atoms with Gasteiger partial charge >= 0.3 is 12.5 Å². The average Bonchev–Trinajstić information content (AvgIpc) is 2.84. The number of halogens is 6. The lowest BCUT2D eigenvalue weighted by atomic mass is 9.77. The molecule has 37 heavy (non-hydrogen) atoms. The third-order valence-electron chi connectivity index (χ3n) is 7.14. The maximum absolute atomic E-state index is 14.7. The summed E-state index contributed by atoms with van der Waals surface area (Å²) in [5.74, 6) is -1.23. The van der Waals surface area contributed by atoms with E-state index < -0.39 is 35.4 Å². The zero-order chi connectivity index (χ0) is 26.9. The SMILES string of the molecule is CCCCCCCCCC1CCC(c2ccc(C(F)(F)Oc3ccc(OC(F)(F)F)cc3)c(F)c2)CC1. The highest BCUT2D eigenvalue weighted by atomic mass is 19.4. The van der Waals surface area contributed by atoms with Crippen molar-refractivity contribution in [2.24, 2.45) is 5.92 Å². The summed E-state index contributed by atoms with van der Waals surface area (Å²) in [5.41, 5.74) is -0.209. The molecule has 0 amide bonds. The topological polar surface area (TPSA) is 18.5 Å². The molecule has 0 saturated heterocycles. The van der Waals surface area contributed by atoms with Gasteiger partial charge in [0.15, 0.2) is 0 Å². The summed E-state index contributed by atoms with van der Waals surface area (Å²) in [4.78, 5) is 0. The fourth-order valence-corrected chi connectivity index (χ4v) is 5.11. The Bertz CT molecular complexity index is 950. The van der Waals surface area contributed by atoms with E-state index in [1.807, 2.05) is 0 Å². The highest BCUT2D eigenvalue weighted by Crippen LogP contribution is 2.40. The van der Waals surface area contributed by atoms with Gasteiger partial charge in [0.2, 0.25) is 0 Å². The van der Waals surface area contributed by atoms with Gasteiger partial charge in [0.05, 0.1) is 5.56 Å². The van der Waals surface area contributed by atoms with Crippen LogP contribution in [-0.2, 0) is 6.11 Å². The summed E-state index contributed by atoms with van der Waals surface area (Å²) in [7, 11) is 0. The van der Waals surface area contributed by atoms with Crippen molar-refractivity contribution in [1.82, 2.24) is 0 Å². The maximum atomic E-state index is 14.7. The van der Waals surface area contributed by atoms with E-state index in [2.05, 4.69) is 16.4 Å². The number of hydrogen-bond donors (Lipinski definition) is 0. The lowest BCUT2D eigenvalue weighted by Crippen LogP contribution is -2.24. The van der Waals surface area contributed by atoms with E-state index in [-0.39, 0.29) is 5.92 Å². The summed E-state index contributed by atoms with van der Waals surface area (Å²) in [5, 5.41) is 0. The fraction of sp³-hybridized carbons (Fsp3) is 0.586. The quantitative estimate of drug-likeness (QED) is 0.189. The van der Waals surface area contributed by atoms with Crippen LogP contribution in [0.3, 0.4) is 0 Å². The lowest BCUT2D eigenvalue weighted by molar-refractivity contribution is -0.274. The predicted molar refractivity (Wildman–Crippen MR) is 131 cm³/mol. The van der Waals surface area contributed by atoms with Crippen molar-refractivity contribution in [1.29, 1.82) is 0 Å². The first-order valence-electron chi connectivity index (χ1n) is 13.3. The number of benzene rings is 2. The highest BCUT2D eigenvalue weighted by molar-refractivity contribution is 5.34. The minimum absolute atomic E-state index is 0.143. The van der Waals surface area contributed by atoms with Crippen molar-refractivity contribution in [3.8, 4) is 11.5 Å². The molecule has 1 saturated carbocycles. The van der Waals surface area contributed by atoms with Gasteiger partial charge in [-0.15, -0.1) is 13.2 Å². The summed E-state index contributed by atoms with van der Waals surface area (Å²) in [6, 6.07) is 7.24. The second kappa shape index (κ2) is 13.4. The maximum Gasteiger partial charge on any atom is 0.573 e. The van der Waals surface area contributed by atoms with E-state index in [0.29, 0.717) is 11.5 Å². The van der Waals surface area contributed by atoms with E-state index in [9.17, 15) is 26.3 Å². The second-order valence-electron chi connectivity index (χ2n) is 10.0. The van der Waals surface area contributed by atoms with Crippen molar-refractivity contribution < 1.29 is 35.8 Å². The van der Waals surface area contributed by atoms with Crippen molar-refractivity contribution >= 4 is 0 Å². The van der Waals surface area contributed by atoms with Crippen LogP contribution in [-0.4, -0.2) is 6.36 Å². The van der Waals surface area contributed by atoms with Gasteiger partial charge in [-0.3, -0.25) is 0 Å². The number of unbranched alkanes of at least 4 members (excludes halogenated alkanes) is 6. The van der Waals surface area contributed by atoms with Crippen LogP contribution in [0.5, 0.6) is 11.5 Å². The van der Waals surface area contributed by atoms with Gasteiger partial charge in [0.25, 0.3) is 0 Å². The molecule has 0 heterocycles. The van der Waals surface area contributed by atoms with Crippen LogP contribution in [0.15, 0.2) is 42.5 Å². The number of hydrogen-bond acceptors (Lipinski definition) is 2. The van der Waals surface area contributed by atoms with E-state index in [1.54, 1.807) is 0 Å². The Balaban J connectivity index is 1.49. The Labute approximate surface area is 215 Å². The molecule has 1 aliphatic rings. The molecule has 0 aliphatic heterocycles. The monoisotopic (exact) mass is 530 g/mol. The Hall–Kier alpha value is -2.38. The molecule has 3 rings (SSSR count). The molecule has 0 bridgehead atoms. The molecule has 2 nitrogen and oxygen atoms in total. The summed E-state index contributed by atoms with van der Waals surface area (Å²) in [6.07, 6.45) is 5.32. The Morgan fingerprint density at radius 2 is 1.30 bits per heavy atom. The summed E-state index contributed by atoms with van der Waals surface area (Å²) >= 11 is 0. The third-order valence-corrected chi connectivity index (χ3v) is 7.14. The molecule has 1 fully saturated rings. The smallest absolute Gasteiger partial charge is 0.429 e. The Morgan fingerprint density at radius 1 is 0.730 bits per heavy atom. The van der Waals surface area contributed by atoms with Gasteiger partial charge in [0.1, 0.15) is 17.3 Å². The van der Waals surface area contributed by atoms with E-state index in [1.165, 1.54) is 57.4 Å². The minimum atomic E-state index is -4.90. The lowest BCUT2D eigenvalue weighted by Gasteiger charge is -2.29. The molecule has 0 radical (unpaired) electrons. The summed E-state index contributed by atoms with van der Waals surface area (Å²) < 4.78 is 89.2. The minimum Gasteiger partial charge on any atom is -0.429 e. The second-order valence-corrected chi connectivity index (χ2v) is 10.0. The van der Waals surface area contributed by atoms with Gasteiger partial charge in [-0.25, -0.2) is 4.39 Å². The molecule has 8 heteroatoms. The molecule has 1 aliphatic carbocycles. The van der Waals surface area contributed by atoms with E-state index in [4.69, 9.17) is 0 Å². The van der Waals surface area contributed by atoms with Crippen LogP contribution in [0.1, 0.15) is 101 Å². The zero-order valence-electron chi connectivity index (χ0n) is 21.3. The number of ether oxygens (including phenoxy) is 2. The van der Waals surface area contributed by atoms with E-state index in [0.717, 1.165) is 62.1 Å². The first-order valence-corrected chi connectivity index (χ1v) is 13.3. The van der Waals surface area contributed by atoms with Crippen LogP contribution in [0.4, 0.5) is 26.3 Å². The molecule has 0 spiro atoms. The Morgan fingerprint density at radius 3 is 1.86 bits per heavy atom. The first kappa shape index (κ1) is 29.2. The van der Waals surface area contributed by atoms with Gasteiger partial charge in [-0.2, -0.15) is 8.78 Å². The largest absolute Gasteiger partial charge is 0.573 e. The molecule has 0 atom stereocenters. The van der Waals surface area contributed by atoms with Gasteiger partial charge < -0.3 is 9.47 Å². The number of alkyl halides is 5. The highest BCUT2D eigenvalue weighted by Gasteiger charge is 2.38. The summed E-state index contributed by atoms with van der Waals surface area (Å²) in [6.45, 7) is 2.22. The fourth-order valence-electron chi connectivity index (χ4n) is 5.11.